The van der Waals surface area contributed by atoms with Crippen molar-refractivity contribution in [1.29, 1.82) is 0 Å². The summed E-state index contributed by atoms with van der Waals surface area (Å²) in [5.41, 5.74) is -0.0843. The molecule has 1 unspecified atom stereocenters. The zero-order valence-electron chi connectivity index (χ0n) is 7.22. The minimum Gasteiger partial charge on any atom is -0.276 e. The van der Waals surface area contributed by atoms with E-state index in [-0.39, 0.29) is 5.54 Å². The van der Waals surface area contributed by atoms with Crippen LogP contribution >= 0.6 is 0 Å². The highest BCUT2D eigenvalue weighted by atomic mass is 32.2. The minimum atomic E-state index is -1.26. The van der Waals surface area contributed by atoms with Gasteiger partial charge in [0.05, 0.1) is 12.1 Å². The summed E-state index contributed by atoms with van der Waals surface area (Å²) < 4.78 is 18.7. The molecule has 0 bridgehead atoms. The van der Waals surface area contributed by atoms with Crippen LogP contribution in [0.1, 0.15) is 27.2 Å². The highest BCUT2D eigenvalue weighted by Gasteiger charge is 2.34. The van der Waals surface area contributed by atoms with Gasteiger partial charge in [0.1, 0.15) is 0 Å². The first-order chi connectivity index (χ1) is 5.02. The zero-order chi connectivity index (χ0) is 8.48. The Balaban J connectivity index is 2.48. The Hall–Kier alpha value is 0.0700. The zero-order valence-corrected chi connectivity index (χ0v) is 8.03. The van der Waals surface area contributed by atoms with Crippen molar-refractivity contribution in [3.63, 3.8) is 0 Å². The maximum Gasteiger partial charge on any atom is 0.235 e. The Morgan fingerprint density at radius 2 is 2.36 bits per heavy atom. The summed E-state index contributed by atoms with van der Waals surface area (Å²) in [7, 11) is 0. The number of nitrogens with one attached hydrogen (secondary N) is 1. The molecule has 0 radical (unpaired) electrons. The predicted molar refractivity (Wildman–Crippen MR) is 45.1 cm³/mol. The van der Waals surface area contributed by atoms with E-state index in [1.165, 1.54) is 0 Å². The van der Waals surface area contributed by atoms with Gasteiger partial charge in [0.15, 0.2) is 0 Å². The van der Waals surface area contributed by atoms with Crippen molar-refractivity contribution in [2.45, 2.75) is 32.7 Å². The van der Waals surface area contributed by atoms with Crippen molar-refractivity contribution >= 4 is 11.3 Å². The number of rotatable bonds is 2. The molecule has 0 saturated carbocycles. The number of hydrogen-bond donors (Lipinski definition) is 1. The molecule has 1 aliphatic heterocycles. The van der Waals surface area contributed by atoms with Crippen LogP contribution in [-0.2, 0) is 15.4 Å². The van der Waals surface area contributed by atoms with Gasteiger partial charge >= 0.3 is 0 Å². The molecule has 3 nitrogen and oxygen atoms in total. The second-order valence-electron chi connectivity index (χ2n) is 3.76. The van der Waals surface area contributed by atoms with Crippen LogP contribution in [0.3, 0.4) is 0 Å². The molecule has 1 rings (SSSR count). The first-order valence-electron chi connectivity index (χ1n) is 3.85. The lowest BCUT2D eigenvalue weighted by Gasteiger charge is -2.22. The summed E-state index contributed by atoms with van der Waals surface area (Å²) in [4.78, 5) is 0. The van der Waals surface area contributed by atoms with E-state index >= 15 is 0 Å². The molecular formula is C7H15NO2S. The molecule has 4 heteroatoms. The van der Waals surface area contributed by atoms with Gasteiger partial charge in [-0.15, -0.1) is 0 Å². The molecule has 2 atom stereocenters. The molecule has 0 aromatic rings. The van der Waals surface area contributed by atoms with E-state index in [0.717, 1.165) is 6.42 Å². The highest BCUT2D eigenvalue weighted by Crippen LogP contribution is 2.21. The monoisotopic (exact) mass is 177 g/mol. The Morgan fingerprint density at radius 1 is 1.73 bits per heavy atom. The van der Waals surface area contributed by atoms with Crippen LogP contribution < -0.4 is 4.72 Å². The molecule has 1 saturated heterocycles. The second-order valence-corrected chi connectivity index (χ2v) is 4.67. The SMILES string of the molecule is CC(C)C[C@@]1(C)COS(=O)N1. The van der Waals surface area contributed by atoms with Gasteiger partial charge in [-0.05, 0) is 19.3 Å². The van der Waals surface area contributed by atoms with E-state index in [4.69, 9.17) is 4.18 Å². The molecule has 66 valence electrons. The van der Waals surface area contributed by atoms with Gasteiger partial charge in [-0.1, -0.05) is 13.8 Å². The minimum absolute atomic E-state index is 0.0843. The maximum absolute atomic E-state index is 10.8. The van der Waals surface area contributed by atoms with Gasteiger partial charge in [-0.3, -0.25) is 4.18 Å². The summed E-state index contributed by atoms with van der Waals surface area (Å²) in [5, 5.41) is 0. The Bertz CT molecular complexity index is 172. The molecule has 1 N–H and O–H groups in total. The fourth-order valence-corrected chi connectivity index (χ4v) is 2.42. The van der Waals surface area contributed by atoms with Crippen LogP contribution in [0.5, 0.6) is 0 Å². The van der Waals surface area contributed by atoms with E-state index in [1.54, 1.807) is 0 Å². The molecule has 0 aromatic carbocycles. The van der Waals surface area contributed by atoms with Crippen LogP contribution in [-0.4, -0.2) is 16.4 Å². The van der Waals surface area contributed by atoms with Gasteiger partial charge in [-0.2, -0.15) is 0 Å². The summed E-state index contributed by atoms with van der Waals surface area (Å²) in [6.45, 7) is 6.89. The smallest absolute Gasteiger partial charge is 0.235 e. The standard InChI is InChI=1S/C7H15NO2S/c1-6(2)4-7(3)5-10-11(9)8-7/h6,8H,4-5H2,1-3H3/t7-,11?/m0/s1. The summed E-state index contributed by atoms with van der Waals surface area (Å²) in [5.74, 6) is 0.603. The van der Waals surface area contributed by atoms with Crippen LogP contribution in [0, 0.1) is 5.92 Å². The Kier molecular flexibility index (Phi) is 2.67. The van der Waals surface area contributed by atoms with E-state index < -0.39 is 11.3 Å². The lowest BCUT2D eigenvalue weighted by Crippen LogP contribution is -2.40. The van der Waals surface area contributed by atoms with Crippen molar-refractivity contribution in [3.05, 3.63) is 0 Å². The summed E-state index contributed by atoms with van der Waals surface area (Å²) >= 11 is -1.26. The normalized spacial score (nSPS) is 38.4. The van der Waals surface area contributed by atoms with Gasteiger partial charge in [0, 0.05) is 0 Å². The van der Waals surface area contributed by atoms with Crippen molar-refractivity contribution < 1.29 is 8.39 Å². The molecule has 1 fully saturated rings. The van der Waals surface area contributed by atoms with E-state index in [0.29, 0.717) is 12.5 Å². The average molecular weight is 177 g/mol. The third kappa shape index (κ3) is 2.54. The van der Waals surface area contributed by atoms with Crippen molar-refractivity contribution in [3.8, 4) is 0 Å². The van der Waals surface area contributed by atoms with Gasteiger partial charge in [0.25, 0.3) is 0 Å². The summed E-state index contributed by atoms with van der Waals surface area (Å²) in [6, 6.07) is 0. The van der Waals surface area contributed by atoms with Crippen molar-refractivity contribution in [1.82, 2.24) is 4.72 Å². The van der Waals surface area contributed by atoms with Gasteiger partial charge < -0.3 is 0 Å². The first-order valence-corrected chi connectivity index (χ1v) is 4.92. The molecule has 0 aromatic heterocycles. The third-order valence-corrected chi connectivity index (χ3v) is 2.66. The average Bonchev–Trinajstić information content (AvgIpc) is 2.08. The topological polar surface area (TPSA) is 38.3 Å². The van der Waals surface area contributed by atoms with Gasteiger partial charge in [-0.25, -0.2) is 8.93 Å². The second kappa shape index (κ2) is 3.21. The van der Waals surface area contributed by atoms with E-state index in [9.17, 15) is 4.21 Å². The van der Waals surface area contributed by atoms with Crippen molar-refractivity contribution in [2.75, 3.05) is 6.61 Å². The third-order valence-electron chi connectivity index (χ3n) is 1.67. The fourth-order valence-electron chi connectivity index (χ4n) is 1.45. The van der Waals surface area contributed by atoms with Crippen LogP contribution in [0.25, 0.3) is 0 Å². The van der Waals surface area contributed by atoms with Gasteiger partial charge in [0.2, 0.25) is 11.3 Å². The van der Waals surface area contributed by atoms with E-state index in [1.807, 2.05) is 6.92 Å². The fraction of sp³-hybridized carbons (Fsp3) is 1.00. The summed E-state index contributed by atoms with van der Waals surface area (Å²) in [6.07, 6.45) is 0.999. The highest BCUT2D eigenvalue weighted by molar-refractivity contribution is 7.78. The van der Waals surface area contributed by atoms with Crippen LogP contribution in [0.4, 0.5) is 0 Å². The largest absolute Gasteiger partial charge is 0.276 e. The number of hydrogen-bond acceptors (Lipinski definition) is 2. The first kappa shape index (κ1) is 9.16. The lowest BCUT2D eigenvalue weighted by molar-refractivity contribution is 0.257. The molecule has 0 amide bonds. The van der Waals surface area contributed by atoms with E-state index in [2.05, 4.69) is 18.6 Å². The van der Waals surface area contributed by atoms with Crippen molar-refractivity contribution in [2.24, 2.45) is 5.92 Å². The quantitative estimate of drug-likeness (QED) is 0.683. The molecule has 1 heterocycles. The predicted octanol–water partition coefficient (Wildman–Crippen LogP) is 0.990. The maximum atomic E-state index is 10.8. The molecule has 1 aliphatic rings. The Labute approximate surface area is 70.3 Å². The molecular weight excluding hydrogens is 162 g/mol. The Morgan fingerprint density at radius 3 is 2.73 bits per heavy atom. The van der Waals surface area contributed by atoms with Crippen LogP contribution in [0.2, 0.25) is 0 Å². The molecule has 0 spiro atoms. The lowest BCUT2D eigenvalue weighted by atomic mass is 9.93. The molecule has 0 aliphatic carbocycles. The van der Waals surface area contributed by atoms with Crippen LogP contribution in [0.15, 0.2) is 0 Å². The molecule has 11 heavy (non-hydrogen) atoms.